The predicted octanol–water partition coefficient (Wildman–Crippen LogP) is 4.12. The molecule has 0 fully saturated rings. The highest BCUT2D eigenvalue weighted by atomic mass is 16.6. The fourth-order valence-corrected chi connectivity index (χ4v) is 3.18. The van der Waals surface area contributed by atoms with E-state index in [1.165, 1.54) is 13.4 Å². The number of aryl methyl sites for hydroxylation is 1. The Kier molecular flexibility index (Phi) is 7.27. The molecule has 0 aliphatic heterocycles. The Morgan fingerprint density at radius 3 is 2.31 bits per heavy atom. The van der Waals surface area contributed by atoms with Gasteiger partial charge in [0.05, 0.1) is 31.9 Å². The summed E-state index contributed by atoms with van der Waals surface area (Å²) in [4.78, 5) is 19.5. The number of ether oxygens (including phenoxy) is 3. The van der Waals surface area contributed by atoms with E-state index in [1.54, 1.807) is 20.3 Å². The summed E-state index contributed by atoms with van der Waals surface area (Å²) in [5.74, 6) is 2.00. The fourth-order valence-electron chi connectivity index (χ4n) is 3.18. The predicted molar refractivity (Wildman–Crippen MR) is 121 cm³/mol. The van der Waals surface area contributed by atoms with Crippen LogP contribution in [0.5, 0.6) is 17.2 Å². The highest BCUT2D eigenvalue weighted by Crippen LogP contribution is 2.35. The van der Waals surface area contributed by atoms with Crippen LogP contribution >= 0.6 is 0 Å². The molecule has 0 saturated heterocycles. The van der Waals surface area contributed by atoms with Crippen LogP contribution in [0, 0.1) is 17.0 Å². The van der Waals surface area contributed by atoms with Crippen molar-refractivity contribution in [3.63, 3.8) is 0 Å². The molecule has 168 valence electrons. The topological polar surface area (TPSA) is 121 Å². The van der Waals surface area contributed by atoms with Gasteiger partial charge in [0, 0.05) is 6.54 Å². The van der Waals surface area contributed by atoms with Gasteiger partial charge in [0.1, 0.15) is 12.1 Å². The van der Waals surface area contributed by atoms with E-state index < -0.39 is 4.92 Å². The van der Waals surface area contributed by atoms with E-state index in [1.807, 2.05) is 37.3 Å². The maximum Gasteiger partial charge on any atom is 0.353 e. The van der Waals surface area contributed by atoms with Gasteiger partial charge in [0.25, 0.3) is 0 Å². The highest BCUT2D eigenvalue weighted by molar-refractivity contribution is 5.76. The monoisotopic (exact) mass is 439 g/mol. The minimum atomic E-state index is -0.511. The third-order valence-corrected chi connectivity index (χ3v) is 4.77. The first kappa shape index (κ1) is 22.6. The molecule has 0 amide bonds. The van der Waals surface area contributed by atoms with Gasteiger partial charge in [-0.3, -0.25) is 10.1 Å². The van der Waals surface area contributed by atoms with Gasteiger partial charge in [-0.25, -0.2) is 9.97 Å². The van der Waals surface area contributed by atoms with Crippen LogP contribution in [-0.2, 0) is 6.42 Å². The van der Waals surface area contributed by atoms with Crippen molar-refractivity contribution >= 4 is 23.0 Å². The third kappa shape index (κ3) is 5.15. The third-order valence-electron chi connectivity index (χ3n) is 4.77. The van der Waals surface area contributed by atoms with Crippen LogP contribution in [0.2, 0.25) is 0 Å². The van der Waals surface area contributed by atoms with Gasteiger partial charge < -0.3 is 24.8 Å². The van der Waals surface area contributed by atoms with Crippen LogP contribution in [0.1, 0.15) is 11.1 Å². The summed E-state index contributed by atoms with van der Waals surface area (Å²) in [5, 5.41) is 17.9. The molecule has 0 atom stereocenters. The number of nitrogens with zero attached hydrogens (tertiary/aromatic N) is 3. The number of benzene rings is 2. The molecule has 1 aromatic heterocycles. The molecule has 32 heavy (non-hydrogen) atoms. The summed E-state index contributed by atoms with van der Waals surface area (Å²) in [6.07, 6.45) is 1.87. The summed E-state index contributed by atoms with van der Waals surface area (Å²) in [7, 11) is 4.68. The van der Waals surface area contributed by atoms with Gasteiger partial charge in [0.15, 0.2) is 11.5 Å². The molecule has 1 heterocycles. The number of hydrogen-bond acceptors (Lipinski definition) is 9. The fraction of sp³-hybridized carbons (Fsp3) is 0.273. The summed E-state index contributed by atoms with van der Waals surface area (Å²) >= 11 is 0. The standard InChI is InChI=1S/C22H25N5O5/c1-14-5-7-17(30-2)16(11-14)26-22-20(27(28)29)21(24-13-25-22)23-10-9-15-6-8-18(31-3)19(12-15)32-4/h5-8,11-13H,9-10H2,1-4H3,(H2,23,24,25,26). The smallest absolute Gasteiger partial charge is 0.353 e. The minimum Gasteiger partial charge on any atom is -0.495 e. The number of hydrogen-bond donors (Lipinski definition) is 2. The van der Waals surface area contributed by atoms with Gasteiger partial charge in [0.2, 0.25) is 11.6 Å². The molecular weight excluding hydrogens is 414 g/mol. The lowest BCUT2D eigenvalue weighted by Crippen LogP contribution is -2.11. The van der Waals surface area contributed by atoms with E-state index in [0.29, 0.717) is 35.9 Å². The maximum absolute atomic E-state index is 11.8. The van der Waals surface area contributed by atoms with Crippen molar-refractivity contribution < 1.29 is 19.1 Å². The lowest BCUT2D eigenvalue weighted by molar-refractivity contribution is -0.383. The van der Waals surface area contributed by atoms with E-state index in [9.17, 15) is 10.1 Å². The Labute approximate surface area is 185 Å². The van der Waals surface area contributed by atoms with Gasteiger partial charge in [-0.2, -0.15) is 0 Å². The quantitative estimate of drug-likeness (QED) is 0.355. The van der Waals surface area contributed by atoms with Crippen LogP contribution in [0.25, 0.3) is 0 Å². The second-order valence-electron chi connectivity index (χ2n) is 6.87. The second kappa shape index (κ2) is 10.3. The molecule has 0 unspecified atom stereocenters. The number of nitro groups is 1. The Hall–Kier alpha value is -4.08. The first-order chi connectivity index (χ1) is 15.5. The summed E-state index contributed by atoms with van der Waals surface area (Å²) in [5.41, 5.74) is 2.28. The molecule has 0 radical (unpaired) electrons. The molecule has 2 aromatic carbocycles. The molecule has 0 bridgehead atoms. The number of methoxy groups -OCH3 is 3. The molecule has 0 aliphatic rings. The summed E-state index contributed by atoms with van der Waals surface area (Å²) < 4.78 is 15.9. The molecule has 10 nitrogen and oxygen atoms in total. The van der Waals surface area contributed by atoms with Crippen LogP contribution in [0.15, 0.2) is 42.7 Å². The van der Waals surface area contributed by atoms with Crippen molar-refractivity contribution in [2.24, 2.45) is 0 Å². The lowest BCUT2D eigenvalue weighted by atomic mass is 10.1. The summed E-state index contributed by atoms with van der Waals surface area (Å²) in [6, 6.07) is 11.1. The molecule has 3 rings (SSSR count). The van der Waals surface area contributed by atoms with Gasteiger partial charge in [-0.05, 0) is 48.7 Å². The highest BCUT2D eigenvalue weighted by Gasteiger charge is 2.23. The summed E-state index contributed by atoms with van der Waals surface area (Å²) in [6.45, 7) is 2.33. The first-order valence-electron chi connectivity index (χ1n) is 9.82. The molecule has 10 heteroatoms. The van der Waals surface area contributed by atoms with Crippen molar-refractivity contribution in [3.8, 4) is 17.2 Å². The zero-order valence-corrected chi connectivity index (χ0v) is 18.3. The molecular formula is C22H25N5O5. The van der Waals surface area contributed by atoms with Gasteiger partial charge in [-0.15, -0.1) is 0 Å². The molecule has 3 aromatic rings. The second-order valence-corrected chi connectivity index (χ2v) is 6.87. The Morgan fingerprint density at radius 2 is 1.62 bits per heavy atom. The molecule has 0 spiro atoms. The van der Waals surface area contributed by atoms with Crippen LogP contribution < -0.4 is 24.8 Å². The Bertz CT molecular complexity index is 1110. The molecule has 0 aliphatic carbocycles. The average molecular weight is 439 g/mol. The van der Waals surface area contributed by atoms with Crippen LogP contribution in [0.4, 0.5) is 23.0 Å². The van der Waals surface area contributed by atoms with Crippen LogP contribution in [-0.4, -0.2) is 42.8 Å². The number of aromatic nitrogens is 2. The normalized spacial score (nSPS) is 10.4. The SMILES string of the molecule is COc1ccc(C)cc1Nc1ncnc(NCCc2ccc(OC)c(OC)c2)c1[N+](=O)[O-]. The molecule has 2 N–H and O–H groups in total. The first-order valence-corrected chi connectivity index (χ1v) is 9.82. The van der Waals surface area contributed by atoms with Crippen molar-refractivity contribution in [1.29, 1.82) is 0 Å². The van der Waals surface area contributed by atoms with Crippen molar-refractivity contribution in [2.45, 2.75) is 13.3 Å². The zero-order chi connectivity index (χ0) is 23.1. The van der Waals surface area contributed by atoms with E-state index in [0.717, 1.165) is 11.1 Å². The van der Waals surface area contributed by atoms with Crippen LogP contribution in [0.3, 0.4) is 0 Å². The minimum absolute atomic E-state index is 0.0718. The zero-order valence-electron chi connectivity index (χ0n) is 18.3. The van der Waals surface area contributed by atoms with Crippen molar-refractivity contribution in [1.82, 2.24) is 9.97 Å². The van der Waals surface area contributed by atoms with E-state index in [4.69, 9.17) is 14.2 Å². The Balaban J connectivity index is 1.80. The van der Waals surface area contributed by atoms with E-state index >= 15 is 0 Å². The van der Waals surface area contributed by atoms with Gasteiger partial charge in [-0.1, -0.05) is 12.1 Å². The van der Waals surface area contributed by atoms with E-state index in [2.05, 4.69) is 20.6 Å². The van der Waals surface area contributed by atoms with Crippen molar-refractivity contribution in [3.05, 3.63) is 64.0 Å². The van der Waals surface area contributed by atoms with E-state index in [-0.39, 0.29) is 17.3 Å². The van der Waals surface area contributed by atoms with Gasteiger partial charge >= 0.3 is 5.69 Å². The largest absolute Gasteiger partial charge is 0.495 e. The Morgan fingerprint density at radius 1 is 0.938 bits per heavy atom. The average Bonchev–Trinajstić information content (AvgIpc) is 2.79. The number of nitrogens with one attached hydrogen (secondary N) is 2. The number of anilines is 3. The molecule has 0 saturated carbocycles. The van der Waals surface area contributed by atoms with Crippen molar-refractivity contribution in [2.75, 3.05) is 38.5 Å². The number of rotatable bonds is 10. The lowest BCUT2D eigenvalue weighted by Gasteiger charge is -2.13. The maximum atomic E-state index is 11.8.